The maximum atomic E-state index is 12.7. The van der Waals surface area contributed by atoms with Crippen LogP contribution in [0, 0.1) is 5.82 Å². The molecule has 1 amide bonds. The molecule has 2 rings (SSSR count). The van der Waals surface area contributed by atoms with Gasteiger partial charge in [-0.1, -0.05) is 42.5 Å². The van der Waals surface area contributed by atoms with Gasteiger partial charge in [-0.05, 0) is 35.8 Å². The summed E-state index contributed by atoms with van der Waals surface area (Å²) < 4.78 is 12.7. The third-order valence-electron chi connectivity index (χ3n) is 2.85. The molecule has 0 bridgehead atoms. The molecule has 2 nitrogen and oxygen atoms in total. The van der Waals surface area contributed by atoms with Gasteiger partial charge in [0.25, 0.3) is 0 Å². The van der Waals surface area contributed by atoms with Crippen LogP contribution in [0.3, 0.4) is 0 Å². The summed E-state index contributed by atoms with van der Waals surface area (Å²) in [5.41, 5.74) is 1.99. The number of hydrogen-bond donors (Lipinski definition) is 1. The van der Waals surface area contributed by atoms with Crippen LogP contribution in [0.2, 0.25) is 0 Å². The predicted molar refractivity (Wildman–Crippen MR) is 78.6 cm³/mol. The zero-order chi connectivity index (χ0) is 14.2. The third-order valence-corrected chi connectivity index (χ3v) is 2.85. The minimum Gasteiger partial charge on any atom is -0.352 e. The van der Waals surface area contributed by atoms with Crippen LogP contribution in [-0.4, -0.2) is 12.5 Å². The Labute approximate surface area is 118 Å². The maximum Gasteiger partial charge on any atom is 0.244 e. The summed E-state index contributed by atoms with van der Waals surface area (Å²) >= 11 is 0. The van der Waals surface area contributed by atoms with Crippen molar-refractivity contribution in [3.8, 4) is 0 Å². The van der Waals surface area contributed by atoms with Gasteiger partial charge in [0.2, 0.25) is 5.91 Å². The maximum absolute atomic E-state index is 12.7. The van der Waals surface area contributed by atoms with Crippen LogP contribution in [0.1, 0.15) is 11.1 Å². The highest BCUT2D eigenvalue weighted by Crippen LogP contribution is 2.04. The molecule has 0 aliphatic rings. The molecule has 0 atom stereocenters. The van der Waals surface area contributed by atoms with Crippen molar-refractivity contribution in [2.24, 2.45) is 0 Å². The smallest absolute Gasteiger partial charge is 0.244 e. The second kappa shape index (κ2) is 7.24. The summed E-state index contributed by atoms with van der Waals surface area (Å²) in [6.07, 6.45) is 3.92. The first kappa shape index (κ1) is 14.0. The standard InChI is InChI=1S/C17H16FNO/c18-16-9-6-15(7-10-16)8-11-17(20)19-13-12-14-4-2-1-3-5-14/h1-11H,12-13H2,(H,19,20). The topological polar surface area (TPSA) is 29.1 Å². The average Bonchev–Trinajstić information content (AvgIpc) is 2.48. The first-order valence-corrected chi connectivity index (χ1v) is 6.49. The van der Waals surface area contributed by atoms with E-state index < -0.39 is 0 Å². The summed E-state index contributed by atoms with van der Waals surface area (Å²) in [4.78, 5) is 11.6. The Hall–Kier alpha value is -2.42. The minimum absolute atomic E-state index is 0.148. The van der Waals surface area contributed by atoms with E-state index in [0.29, 0.717) is 6.54 Å². The van der Waals surface area contributed by atoms with E-state index in [4.69, 9.17) is 0 Å². The summed E-state index contributed by atoms with van der Waals surface area (Å²) in [6, 6.07) is 16.0. The largest absolute Gasteiger partial charge is 0.352 e. The molecular weight excluding hydrogens is 253 g/mol. The summed E-state index contributed by atoms with van der Waals surface area (Å²) in [7, 11) is 0. The van der Waals surface area contributed by atoms with E-state index in [0.717, 1.165) is 12.0 Å². The molecule has 0 fully saturated rings. The number of carbonyl (C=O) groups is 1. The van der Waals surface area contributed by atoms with Crippen molar-refractivity contribution in [2.45, 2.75) is 6.42 Å². The third kappa shape index (κ3) is 4.69. The molecule has 0 spiro atoms. The molecule has 0 unspecified atom stereocenters. The van der Waals surface area contributed by atoms with Crippen molar-refractivity contribution >= 4 is 12.0 Å². The molecule has 0 aliphatic carbocycles. The van der Waals surface area contributed by atoms with Crippen LogP contribution >= 0.6 is 0 Å². The fraction of sp³-hybridized carbons (Fsp3) is 0.118. The average molecular weight is 269 g/mol. The molecule has 0 saturated heterocycles. The van der Waals surface area contributed by atoms with Gasteiger partial charge in [0.15, 0.2) is 0 Å². The van der Waals surface area contributed by atoms with Crippen molar-refractivity contribution in [3.63, 3.8) is 0 Å². The lowest BCUT2D eigenvalue weighted by Crippen LogP contribution is -2.23. The quantitative estimate of drug-likeness (QED) is 0.830. The zero-order valence-corrected chi connectivity index (χ0v) is 11.1. The van der Waals surface area contributed by atoms with E-state index in [1.807, 2.05) is 30.3 Å². The van der Waals surface area contributed by atoms with Crippen molar-refractivity contribution in [1.29, 1.82) is 0 Å². The van der Waals surface area contributed by atoms with Crippen LogP contribution in [0.25, 0.3) is 6.08 Å². The Bertz CT molecular complexity index is 576. The fourth-order valence-corrected chi connectivity index (χ4v) is 1.78. The van der Waals surface area contributed by atoms with Gasteiger partial charge in [-0.3, -0.25) is 4.79 Å². The van der Waals surface area contributed by atoms with E-state index in [9.17, 15) is 9.18 Å². The van der Waals surface area contributed by atoms with Crippen LogP contribution < -0.4 is 5.32 Å². The normalized spacial score (nSPS) is 10.7. The Morgan fingerprint density at radius 2 is 1.75 bits per heavy atom. The minimum atomic E-state index is -0.283. The van der Waals surface area contributed by atoms with Crippen LogP contribution in [0.5, 0.6) is 0 Å². The van der Waals surface area contributed by atoms with E-state index in [1.165, 1.54) is 23.8 Å². The van der Waals surface area contributed by atoms with Gasteiger partial charge in [-0.25, -0.2) is 4.39 Å². The van der Waals surface area contributed by atoms with Crippen LogP contribution in [-0.2, 0) is 11.2 Å². The zero-order valence-electron chi connectivity index (χ0n) is 11.1. The molecule has 0 radical (unpaired) electrons. The number of hydrogen-bond acceptors (Lipinski definition) is 1. The van der Waals surface area contributed by atoms with E-state index in [2.05, 4.69) is 5.32 Å². The SMILES string of the molecule is O=C(C=Cc1ccc(F)cc1)NCCc1ccccc1. The molecule has 102 valence electrons. The van der Waals surface area contributed by atoms with E-state index in [1.54, 1.807) is 18.2 Å². The Balaban J connectivity index is 1.76. The molecule has 2 aromatic carbocycles. The number of rotatable bonds is 5. The molecule has 3 heteroatoms. The van der Waals surface area contributed by atoms with Crippen LogP contribution in [0.15, 0.2) is 60.7 Å². The number of amides is 1. The highest BCUT2D eigenvalue weighted by atomic mass is 19.1. The van der Waals surface area contributed by atoms with E-state index >= 15 is 0 Å². The molecule has 0 aromatic heterocycles. The monoisotopic (exact) mass is 269 g/mol. The second-order valence-corrected chi connectivity index (χ2v) is 4.41. The van der Waals surface area contributed by atoms with Gasteiger partial charge in [0.1, 0.15) is 5.82 Å². The first-order valence-electron chi connectivity index (χ1n) is 6.49. The number of benzene rings is 2. The molecule has 0 heterocycles. The number of nitrogens with one attached hydrogen (secondary N) is 1. The Kier molecular flexibility index (Phi) is 5.07. The fourth-order valence-electron chi connectivity index (χ4n) is 1.78. The van der Waals surface area contributed by atoms with Crippen molar-refractivity contribution in [3.05, 3.63) is 77.6 Å². The molecule has 2 aromatic rings. The van der Waals surface area contributed by atoms with Crippen molar-refractivity contribution in [1.82, 2.24) is 5.32 Å². The van der Waals surface area contributed by atoms with Gasteiger partial charge in [0.05, 0.1) is 0 Å². The molecular formula is C17H16FNO. The van der Waals surface area contributed by atoms with Gasteiger partial charge in [0, 0.05) is 12.6 Å². The molecule has 0 saturated carbocycles. The van der Waals surface area contributed by atoms with Crippen LogP contribution in [0.4, 0.5) is 4.39 Å². The van der Waals surface area contributed by atoms with Crippen molar-refractivity contribution in [2.75, 3.05) is 6.54 Å². The highest BCUT2D eigenvalue weighted by Gasteiger charge is 1.96. The lowest BCUT2D eigenvalue weighted by atomic mass is 10.1. The lowest BCUT2D eigenvalue weighted by molar-refractivity contribution is -0.116. The highest BCUT2D eigenvalue weighted by molar-refractivity contribution is 5.91. The molecule has 1 N–H and O–H groups in total. The van der Waals surface area contributed by atoms with Gasteiger partial charge in [-0.15, -0.1) is 0 Å². The van der Waals surface area contributed by atoms with Gasteiger partial charge >= 0.3 is 0 Å². The number of halogens is 1. The summed E-state index contributed by atoms with van der Waals surface area (Å²) in [6.45, 7) is 0.594. The molecule has 0 aliphatic heterocycles. The summed E-state index contributed by atoms with van der Waals surface area (Å²) in [5, 5.41) is 2.81. The predicted octanol–water partition coefficient (Wildman–Crippen LogP) is 3.20. The second-order valence-electron chi connectivity index (χ2n) is 4.41. The van der Waals surface area contributed by atoms with Gasteiger partial charge in [-0.2, -0.15) is 0 Å². The van der Waals surface area contributed by atoms with Gasteiger partial charge < -0.3 is 5.32 Å². The van der Waals surface area contributed by atoms with Crippen molar-refractivity contribution < 1.29 is 9.18 Å². The first-order chi connectivity index (χ1) is 9.74. The summed E-state index contributed by atoms with van der Waals surface area (Å²) in [5.74, 6) is -0.431. The number of carbonyl (C=O) groups excluding carboxylic acids is 1. The molecule has 20 heavy (non-hydrogen) atoms. The lowest BCUT2D eigenvalue weighted by Gasteiger charge is -2.02. The van der Waals surface area contributed by atoms with E-state index in [-0.39, 0.29) is 11.7 Å². The Morgan fingerprint density at radius 3 is 2.45 bits per heavy atom. The Morgan fingerprint density at radius 1 is 1.05 bits per heavy atom.